The van der Waals surface area contributed by atoms with E-state index < -0.39 is 38.0 Å². The molecule has 4 aliphatic heterocycles. The van der Waals surface area contributed by atoms with Crippen LogP contribution in [0.5, 0.6) is 0 Å². The number of hydroxylamine groups is 2. The standard InChI is InChI=1S/C34H61N4O9P/c1-8-45-48(42,46-9-2)24-30(39)38-29-23-36(26-15-17-35(22-26)16-11-13-19-44-31-14-10-12-18-43-31)32(40)27(21-34(5,6)7)37(29)33(41)28(47-38)20-25(3)4/h25-29,31H,8-24H2,1-7H3/t26-,27+,28-,29+,31?/m1/s1. The number of carbonyl (C=O) groups excluding carboxylic acids is 3. The first-order chi connectivity index (χ1) is 22.7. The van der Waals surface area contributed by atoms with Gasteiger partial charge < -0.3 is 33.2 Å². The summed E-state index contributed by atoms with van der Waals surface area (Å²) in [6, 6.07) is -0.823. The molecule has 0 aromatic rings. The molecule has 0 aliphatic carbocycles. The molecule has 276 valence electrons. The first kappa shape index (κ1) is 39.2. The zero-order valence-electron chi connectivity index (χ0n) is 30.4. The van der Waals surface area contributed by atoms with Crippen LogP contribution < -0.4 is 0 Å². The van der Waals surface area contributed by atoms with Gasteiger partial charge in [-0.15, -0.1) is 0 Å². The molecule has 4 saturated heterocycles. The lowest BCUT2D eigenvalue weighted by Gasteiger charge is -2.55. The molecule has 4 heterocycles. The number of fused-ring (bicyclic) bond motifs is 1. The van der Waals surface area contributed by atoms with Crippen LogP contribution in [0.25, 0.3) is 0 Å². The molecular weight excluding hydrogens is 639 g/mol. The number of nitrogens with zero attached hydrogens (tertiary/aromatic N) is 4. The van der Waals surface area contributed by atoms with Gasteiger partial charge in [0.1, 0.15) is 12.2 Å². The second-order valence-electron chi connectivity index (χ2n) is 15.2. The number of rotatable bonds is 16. The average molecular weight is 701 g/mol. The molecule has 14 heteroatoms. The molecule has 3 amide bonds. The first-order valence-electron chi connectivity index (χ1n) is 18.2. The van der Waals surface area contributed by atoms with Gasteiger partial charge in [-0.25, -0.2) is 0 Å². The van der Waals surface area contributed by atoms with Gasteiger partial charge in [-0.2, -0.15) is 5.06 Å². The molecule has 13 nitrogen and oxygen atoms in total. The molecule has 4 rings (SSSR count). The number of hydrogen-bond donors (Lipinski definition) is 0. The van der Waals surface area contributed by atoms with E-state index in [2.05, 4.69) is 25.7 Å². The number of hydrogen-bond acceptors (Lipinski definition) is 10. The van der Waals surface area contributed by atoms with Crippen LogP contribution in [0.3, 0.4) is 0 Å². The fourth-order valence-electron chi connectivity index (χ4n) is 7.19. The highest BCUT2D eigenvalue weighted by molar-refractivity contribution is 7.54. The molecule has 4 aliphatic rings. The maximum atomic E-state index is 14.4. The van der Waals surface area contributed by atoms with Gasteiger partial charge in [-0.3, -0.25) is 23.8 Å². The monoisotopic (exact) mass is 700 g/mol. The molecule has 4 fully saturated rings. The van der Waals surface area contributed by atoms with Crippen LogP contribution in [0.2, 0.25) is 0 Å². The van der Waals surface area contributed by atoms with E-state index >= 15 is 0 Å². The van der Waals surface area contributed by atoms with Crippen molar-refractivity contribution in [3.8, 4) is 0 Å². The van der Waals surface area contributed by atoms with Crippen molar-refractivity contribution in [3.05, 3.63) is 0 Å². The number of piperazine rings is 1. The lowest BCUT2D eigenvalue weighted by Crippen LogP contribution is -2.75. The maximum absolute atomic E-state index is 14.4. The zero-order chi connectivity index (χ0) is 35.1. The molecule has 0 bridgehead atoms. The Labute approximate surface area is 287 Å². The Bertz CT molecular complexity index is 1120. The van der Waals surface area contributed by atoms with Crippen molar-refractivity contribution in [2.24, 2.45) is 11.3 Å². The van der Waals surface area contributed by atoms with Crippen molar-refractivity contribution in [1.29, 1.82) is 0 Å². The van der Waals surface area contributed by atoms with Gasteiger partial charge in [0.2, 0.25) is 5.91 Å². The molecule has 0 saturated carbocycles. The number of ether oxygens (including phenoxy) is 2. The summed E-state index contributed by atoms with van der Waals surface area (Å²) in [4.78, 5) is 54.5. The normalized spacial score (nSPS) is 27.7. The summed E-state index contributed by atoms with van der Waals surface area (Å²) in [7, 11) is -3.76. The third-order valence-corrected chi connectivity index (χ3v) is 11.3. The lowest BCUT2D eigenvalue weighted by atomic mass is 9.85. The quantitative estimate of drug-likeness (QED) is 0.166. The van der Waals surface area contributed by atoms with Crippen LogP contribution in [0.4, 0.5) is 0 Å². The fourth-order valence-corrected chi connectivity index (χ4v) is 8.71. The molecule has 0 aromatic heterocycles. The van der Waals surface area contributed by atoms with E-state index in [1.54, 1.807) is 18.7 Å². The third-order valence-electron chi connectivity index (χ3n) is 9.34. The van der Waals surface area contributed by atoms with E-state index in [0.29, 0.717) is 19.4 Å². The minimum Gasteiger partial charge on any atom is -0.353 e. The van der Waals surface area contributed by atoms with Crippen LogP contribution in [0.1, 0.15) is 99.8 Å². The van der Waals surface area contributed by atoms with E-state index in [-0.39, 0.29) is 55.2 Å². The highest BCUT2D eigenvalue weighted by Gasteiger charge is 2.55. The van der Waals surface area contributed by atoms with Gasteiger partial charge in [0.15, 0.2) is 18.6 Å². The number of carbonyl (C=O) groups is 3. The molecular formula is C34H61N4O9P. The van der Waals surface area contributed by atoms with Gasteiger partial charge in [0, 0.05) is 32.3 Å². The highest BCUT2D eigenvalue weighted by Crippen LogP contribution is 2.48. The van der Waals surface area contributed by atoms with Crippen molar-refractivity contribution in [3.63, 3.8) is 0 Å². The summed E-state index contributed by atoms with van der Waals surface area (Å²) >= 11 is 0. The smallest absolute Gasteiger partial charge is 0.340 e. The molecule has 48 heavy (non-hydrogen) atoms. The Kier molecular flexibility index (Phi) is 14.3. The number of amides is 3. The van der Waals surface area contributed by atoms with Crippen molar-refractivity contribution >= 4 is 25.3 Å². The van der Waals surface area contributed by atoms with Crippen LogP contribution in [-0.2, 0) is 42.3 Å². The third kappa shape index (κ3) is 10.5. The van der Waals surface area contributed by atoms with Gasteiger partial charge in [-0.05, 0) is 83.1 Å². The van der Waals surface area contributed by atoms with Gasteiger partial charge in [0.25, 0.3) is 11.8 Å². The van der Waals surface area contributed by atoms with Gasteiger partial charge >= 0.3 is 7.60 Å². The SMILES string of the molecule is CCOP(=O)(CC(=O)N1O[C@H](CC(C)C)C(=O)N2[C@@H]1CN([C@@H]1CCN(CCCCOC3CCCCO3)C1)C(=O)[C@@H]2CC(C)(C)C)OCC. The summed E-state index contributed by atoms with van der Waals surface area (Å²) in [5.74, 6) is -0.866. The Morgan fingerprint density at radius 3 is 2.38 bits per heavy atom. The Balaban J connectivity index is 1.51. The van der Waals surface area contributed by atoms with Crippen LogP contribution in [0.15, 0.2) is 0 Å². The second-order valence-corrected chi connectivity index (χ2v) is 17.2. The summed E-state index contributed by atoms with van der Waals surface area (Å²) in [5, 5.41) is 1.21. The van der Waals surface area contributed by atoms with Crippen molar-refractivity contribution in [1.82, 2.24) is 19.8 Å². The van der Waals surface area contributed by atoms with E-state index in [4.69, 9.17) is 23.4 Å². The predicted octanol–water partition coefficient (Wildman–Crippen LogP) is 4.64. The van der Waals surface area contributed by atoms with Crippen LogP contribution in [0, 0.1) is 11.3 Å². The van der Waals surface area contributed by atoms with Crippen molar-refractivity contribution < 1.29 is 42.3 Å². The topological polar surface area (TPSA) is 127 Å². The molecule has 0 spiro atoms. The summed E-state index contributed by atoms with van der Waals surface area (Å²) in [5.41, 5.74) is -0.277. The number of unbranched alkanes of at least 4 members (excludes halogenated alkanes) is 1. The molecule has 5 atom stereocenters. The predicted molar refractivity (Wildman–Crippen MR) is 181 cm³/mol. The van der Waals surface area contributed by atoms with Crippen molar-refractivity contribution in [2.45, 2.75) is 130 Å². The molecule has 1 unspecified atom stereocenters. The molecule has 0 aromatic carbocycles. The van der Waals surface area contributed by atoms with Gasteiger partial charge in [-0.1, -0.05) is 34.6 Å². The maximum Gasteiger partial charge on any atom is 0.340 e. The van der Waals surface area contributed by atoms with Crippen LogP contribution >= 0.6 is 7.60 Å². The minimum absolute atomic E-state index is 0.0626. The molecule has 0 N–H and O–H groups in total. The van der Waals surface area contributed by atoms with E-state index in [1.165, 1.54) is 5.06 Å². The summed E-state index contributed by atoms with van der Waals surface area (Å²) in [6.07, 6.45) is 4.34. The lowest BCUT2D eigenvalue weighted by molar-refractivity contribution is -0.277. The van der Waals surface area contributed by atoms with E-state index in [0.717, 1.165) is 64.8 Å². The second kappa shape index (κ2) is 17.6. The van der Waals surface area contributed by atoms with Crippen LogP contribution in [-0.4, -0.2) is 127 Å². The first-order valence-corrected chi connectivity index (χ1v) is 19.9. The average Bonchev–Trinajstić information content (AvgIpc) is 3.48. The highest BCUT2D eigenvalue weighted by atomic mass is 31.2. The van der Waals surface area contributed by atoms with E-state index in [1.807, 2.05) is 18.7 Å². The number of likely N-dealkylation sites (tertiary alicyclic amines) is 1. The fraction of sp³-hybridized carbons (Fsp3) is 0.912. The Hall–Kier alpha value is -1.60. The van der Waals surface area contributed by atoms with E-state index in [9.17, 15) is 18.9 Å². The summed E-state index contributed by atoms with van der Waals surface area (Å²) < 4.78 is 35.9. The largest absolute Gasteiger partial charge is 0.353 e. The molecule has 0 radical (unpaired) electrons. The Morgan fingerprint density at radius 2 is 1.75 bits per heavy atom. The summed E-state index contributed by atoms with van der Waals surface area (Å²) in [6.45, 7) is 17.8. The Morgan fingerprint density at radius 1 is 1.02 bits per heavy atom. The zero-order valence-corrected chi connectivity index (χ0v) is 31.3. The van der Waals surface area contributed by atoms with Crippen molar-refractivity contribution in [2.75, 3.05) is 58.8 Å². The minimum atomic E-state index is -3.76. The van der Waals surface area contributed by atoms with Gasteiger partial charge in [0.05, 0.1) is 19.8 Å².